The largest absolute Gasteiger partial charge is 0.490 e. The van der Waals surface area contributed by atoms with Crippen LogP contribution in [0, 0.1) is 11.3 Å². The van der Waals surface area contributed by atoms with E-state index in [9.17, 15) is 0 Å². The van der Waals surface area contributed by atoms with E-state index in [4.69, 9.17) is 10.00 Å². The molecule has 0 unspecified atom stereocenters. The van der Waals surface area contributed by atoms with Gasteiger partial charge in [-0.05, 0) is 30.5 Å². The average molecular weight is 203 g/mol. The van der Waals surface area contributed by atoms with Gasteiger partial charge in [0.2, 0.25) is 0 Å². The van der Waals surface area contributed by atoms with Crippen LogP contribution in [0.3, 0.4) is 0 Å². The van der Waals surface area contributed by atoms with Crippen molar-refractivity contribution in [2.45, 2.75) is 39.2 Å². The maximum absolute atomic E-state index is 8.53. The van der Waals surface area contributed by atoms with Crippen molar-refractivity contribution in [3.05, 3.63) is 29.8 Å². The van der Waals surface area contributed by atoms with Gasteiger partial charge in [-0.15, -0.1) is 0 Å². The first-order valence-electron chi connectivity index (χ1n) is 5.42. The first-order chi connectivity index (χ1) is 7.30. The SMILES string of the molecule is CCC(CC)Oc1ccc(CC#N)cc1. The highest BCUT2D eigenvalue weighted by molar-refractivity contribution is 5.28. The van der Waals surface area contributed by atoms with E-state index in [1.54, 1.807) is 0 Å². The Morgan fingerprint density at radius 3 is 2.27 bits per heavy atom. The molecule has 0 saturated carbocycles. The Hall–Kier alpha value is -1.49. The quantitative estimate of drug-likeness (QED) is 0.735. The molecule has 0 aliphatic carbocycles. The summed E-state index contributed by atoms with van der Waals surface area (Å²) in [5, 5.41) is 8.53. The van der Waals surface area contributed by atoms with E-state index in [1.165, 1.54) is 0 Å². The molecule has 0 bridgehead atoms. The lowest BCUT2D eigenvalue weighted by Crippen LogP contribution is -2.13. The minimum absolute atomic E-state index is 0.298. The van der Waals surface area contributed by atoms with Crippen LogP contribution in [0.25, 0.3) is 0 Å². The molecule has 0 heterocycles. The summed E-state index contributed by atoms with van der Waals surface area (Å²) >= 11 is 0. The molecule has 0 spiro atoms. The second-order valence-electron chi connectivity index (χ2n) is 3.54. The third-order valence-corrected chi connectivity index (χ3v) is 2.42. The van der Waals surface area contributed by atoms with Gasteiger partial charge >= 0.3 is 0 Å². The molecule has 1 aromatic rings. The van der Waals surface area contributed by atoms with E-state index < -0.39 is 0 Å². The van der Waals surface area contributed by atoms with Gasteiger partial charge in [-0.2, -0.15) is 5.26 Å². The summed E-state index contributed by atoms with van der Waals surface area (Å²) in [6.07, 6.45) is 2.81. The Balaban J connectivity index is 2.60. The van der Waals surface area contributed by atoms with E-state index in [0.717, 1.165) is 24.2 Å². The lowest BCUT2D eigenvalue weighted by Gasteiger charge is -2.15. The molecular weight excluding hydrogens is 186 g/mol. The molecule has 0 aromatic heterocycles. The minimum Gasteiger partial charge on any atom is -0.490 e. The smallest absolute Gasteiger partial charge is 0.119 e. The van der Waals surface area contributed by atoms with Crippen LogP contribution in [-0.2, 0) is 6.42 Å². The van der Waals surface area contributed by atoms with Gasteiger partial charge < -0.3 is 4.74 Å². The predicted molar refractivity (Wildman–Crippen MR) is 60.8 cm³/mol. The number of ether oxygens (including phenoxy) is 1. The van der Waals surface area contributed by atoms with Crippen molar-refractivity contribution in [3.63, 3.8) is 0 Å². The molecule has 0 aliphatic heterocycles. The average Bonchev–Trinajstić information content (AvgIpc) is 2.28. The van der Waals surface area contributed by atoms with Crippen molar-refractivity contribution in [3.8, 4) is 11.8 Å². The Bertz CT molecular complexity index is 319. The van der Waals surface area contributed by atoms with Crippen LogP contribution in [0.4, 0.5) is 0 Å². The topological polar surface area (TPSA) is 33.0 Å². The first-order valence-corrected chi connectivity index (χ1v) is 5.42. The molecule has 0 saturated heterocycles. The zero-order chi connectivity index (χ0) is 11.1. The number of nitriles is 1. The maximum atomic E-state index is 8.53. The second-order valence-corrected chi connectivity index (χ2v) is 3.54. The van der Waals surface area contributed by atoms with Gasteiger partial charge in [0.25, 0.3) is 0 Å². The number of hydrogen-bond acceptors (Lipinski definition) is 2. The van der Waals surface area contributed by atoms with Crippen LogP contribution in [0.2, 0.25) is 0 Å². The summed E-state index contributed by atoms with van der Waals surface area (Å²) < 4.78 is 5.76. The van der Waals surface area contributed by atoms with Crippen LogP contribution >= 0.6 is 0 Å². The van der Waals surface area contributed by atoms with Gasteiger partial charge in [0.15, 0.2) is 0 Å². The standard InChI is InChI=1S/C13H17NO/c1-3-12(4-2)15-13-7-5-11(6-8-13)9-10-14/h5-8,12H,3-4,9H2,1-2H3. The fourth-order valence-electron chi connectivity index (χ4n) is 1.42. The van der Waals surface area contributed by atoms with Crippen molar-refractivity contribution in [1.82, 2.24) is 0 Å². The molecule has 2 heteroatoms. The van der Waals surface area contributed by atoms with Gasteiger partial charge in [0, 0.05) is 0 Å². The van der Waals surface area contributed by atoms with Crippen molar-refractivity contribution in [2.75, 3.05) is 0 Å². The van der Waals surface area contributed by atoms with Crippen LogP contribution in [0.1, 0.15) is 32.3 Å². The molecule has 0 N–H and O–H groups in total. The maximum Gasteiger partial charge on any atom is 0.119 e. The number of nitrogens with zero attached hydrogens (tertiary/aromatic N) is 1. The molecule has 0 atom stereocenters. The third kappa shape index (κ3) is 3.63. The van der Waals surface area contributed by atoms with Crippen LogP contribution < -0.4 is 4.74 Å². The fraction of sp³-hybridized carbons (Fsp3) is 0.462. The number of benzene rings is 1. The predicted octanol–water partition coefficient (Wildman–Crippen LogP) is 3.32. The summed E-state index contributed by atoms with van der Waals surface area (Å²) in [5.74, 6) is 0.894. The van der Waals surface area contributed by atoms with Gasteiger partial charge in [0.05, 0.1) is 18.6 Å². The van der Waals surface area contributed by atoms with E-state index in [1.807, 2.05) is 24.3 Å². The van der Waals surface area contributed by atoms with E-state index in [0.29, 0.717) is 12.5 Å². The highest BCUT2D eigenvalue weighted by atomic mass is 16.5. The van der Waals surface area contributed by atoms with E-state index in [-0.39, 0.29) is 0 Å². The second kappa shape index (κ2) is 6.08. The summed E-state index contributed by atoms with van der Waals surface area (Å²) in [4.78, 5) is 0. The number of hydrogen-bond donors (Lipinski definition) is 0. The molecule has 80 valence electrons. The summed E-state index contributed by atoms with van der Waals surface area (Å²) in [6.45, 7) is 4.25. The molecule has 2 nitrogen and oxygen atoms in total. The Morgan fingerprint density at radius 1 is 1.20 bits per heavy atom. The lowest BCUT2D eigenvalue weighted by atomic mass is 10.1. The van der Waals surface area contributed by atoms with Crippen molar-refractivity contribution in [1.29, 1.82) is 5.26 Å². The first kappa shape index (κ1) is 11.6. The highest BCUT2D eigenvalue weighted by Crippen LogP contribution is 2.16. The Labute approximate surface area is 91.5 Å². The van der Waals surface area contributed by atoms with E-state index >= 15 is 0 Å². The molecule has 15 heavy (non-hydrogen) atoms. The number of rotatable bonds is 5. The summed E-state index contributed by atoms with van der Waals surface area (Å²) in [6, 6.07) is 9.89. The molecule has 1 aromatic carbocycles. The molecule has 0 radical (unpaired) electrons. The third-order valence-electron chi connectivity index (χ3n) is 2.42. The van der Waals surface area contributed by atoms with Crippen molar-refractivity contribution < 1.29 is 4.74 Å². The molecular formula is C13H17NO. The van der Waals surface area contributed by atoms with Crippen LogP contribution in [0.5, 0.6) is 5.75 Å². The Morgan fingerprint density at radius 2 is 1.80 bits per heavy atom. The minimum atomic E-state index is 0.298. The zero-order valence-corrected chi connectivity index (χ0v) is 9.36. The van der Waals surface area contributed by atoms with Gasteiger partial charge in [0.1, 0.15) is 5.75 Å². The van der Waals surface area contributed by atoms with Crippen molar-refractivity contribution >= 4 is 0 Å². The van der Waals surface area contributed by atoms with Gasteiger partial charge in [-0.3, -0.25) is 0 Å². The lowest BCUT2D eigenvalue weighted by molar-refractivity contribution is 0.193. The molecule has 1 rings (SSSR count). The van der Waals surface area contributed by atoms with Gasteiger partial charge in [-0.1, -0.05) is 26.0 Å². The highest BCUT2D eigenvalue weighted by Gasteiger charge is 2.04. The summed E-state index contributed by atoms with van der Waals surface area (Å²) in [5.41, 5.74) is 1.04. The van der Waals surface area contributed by atoms with Crippen molar-refractivity contribution in [2.24, 2.45) is 0 Å². The zero-order valence-electron chi connectivity index (χ0n) is 9.36. The van der Waals surface area contributed by atoms with Gasteiger partial charge in [-0.25, -0.2) is 0 Å². The molecule has 0 aliphatic rings. The monoisotopic (exact) mass is 203 g/mol. The molecule has 0 amide bonds. The van der Waals surface area contributed by atoms with Crippen LogP contribution in [-0.4, -0.2) is 6.10 Å². The molecule has 0 fully saturated rings. The summed E-state index contributed by atoms with van der Waals surface area (Å²) in [7, 11) is 0. The normalized spacial score (nSPS) is 10.0. The van der Waals surface area contributed by atoms with Crippen LogP contribution in [0.15, 0.2) is 24.3 Å². The Kier molecular flexibility index (Phi) is 4.70. The van der Waals surface area contributed by atoms with E-state index in [2.05, 4.69) is 19.9 Å². The fourth-order valence-corrected chi connectivity index (χ4v) is 1.42.